The Hall–Kier alpha value is -3.65. The molecule has 3 rings (SSSR count). The number of amides is 2. The molecule has 8 heteroatoms. The Morgan fingerprint density at radius 1 is 0.846 bits per heavy atom. The summed E-state index contributed by atoms with van der Waals surface area (Å²) in [4.78, 5) is 28.8. The zero-order valence-electron chi connectivity index (χ0n) is 23.3. The quantitative estimate of drug-likeness (QED) is 0.296. The smallest absolute Gasteiger partial charge is 0.264 e. The second-order valence-corrected chi connectivity index (χ2v) is 11.6. The molecular weight excluding hydrogens is 510 g/mol. The second-order valence-electron chi connectivity index (χ2n) is 9.74. The average Bonchev–Trinajstić information content (AvgIpc) is 2.93. The van der Waals surface area contributed by atoms with Gasteiger partial charge in [-0.2, -0.15) is 0 Å². The van der Waals surface area contributed by atoms with Gasteiger partial charge in [0.25, 0.3) is 10.0 Å². The highest BCUT2D eigenvalue weighted by Crippen LogP contribution is 2.25. The zero-order valence-corrected chi connectivity index (χ0v) is 24.1. The van der Waals surface area contributed by atoms with Crippen LogP contribution in [0.3, 0.4) is 0 Å². The molecule has 0 aromatic heterocycles. The third kappa shape index (κ3) is 7.93. The van der Waals surface area contributed by atoms with Crippen molar-refractivity contribution in [1.29, 1.82) is 0 Å². The zero-order chi connectivity index (χ0) is 28.4. The number of carbonyl (C=O) groups is 2. The number of nitrogens with zero attached hydrogens (tertiary/aromatic N) is 2. The summed E-state index contributed by atoms with van der Waals surface area (Å²) in [7, 11) is -4.06. The molecule has 0 aliphatic heterocycles. The van der Waals surface area contributed by atoms with Gasteiger partial charge in [-0.25, -0.2) is 8.42 Å². The first kappa shape index (κ1) is 29.9. The number of hydrogen-bond acceptors (Lipinski definition) is 4. The van der Waals surface area contributed by atoms with Gasteiger partial charge in [0.2, 0.25) is 11.8 Å². The molecule has 0 unspecified atom stereocenters. The van der Waals surface area contributed by atoms with Crippen molar-refractivity contribution in [2.45, 2.75) is 64.4 Å². The van der Waals surface area contributed by atoms with Crippen molar-refractivity contribution in [2.75, 3.05) is 17.4 Å². The predicted octanol–water partition coefficient (Wildman–Crippen LogP) is 5.22. The third-order valence-corrected chi connectivity index (χ3v) is 8.41. The molecule has 1 N–H and O–H groups in total. The molecule has 1 atom stereocenters. The number of anilines is 1. The van der Waals surface area contributed by atoms with E-state index in [2.05, 4.69) is 5.32 Å². The van der Waals surface area contributed by atoms with Crippen LogP contribution in [-0.2, 0) is 26.2 Å². The van der Waals surface area contributed by atoms with E-state index in [0.717, 1.165) is 33.8 Å². The molecule has 0 radical (unpaired) electrons. The average molecular weight is 550 g/mol. The molecule has 0 saturated heterocycles. The molecule has 0 bridgehead atoms. The van der Waals surface area contributed by atoms with Crippen molar-refractivity contribution in [3.63, 3.8) is 0 Å². The normalized spacial score (nSPS) is 12.0. The van der Waals surface area contributed by atoms with Crippen LogP contribution in [0, 0.1) is 13.8 Å². The van der Waals surface area contributed by atoms with E-state index >= 15 is 0 Å². The van der Waals surface area contributed by atoms with Gasteiger partial charge in [-0.15, -0.1) is 0 Å². The SMILES string of the molecule is CCCCNC(=O)[C@H](CC)N(Cc1ccc(C)cc1)C(=O)CN(c1ccc(C)cc1)S(=O)(=O)c1ccccc1. The molecule has 208 valence electrons. The standard InChI is InChI=1S/C31H39N3O4S/c1-5-7-21-32-31(36)29(6-2)33(22-26-17-13-24(3)14-18-26)30(35)23-34(27-19-15-25(4)16-20-27)39(37,38)28-11-9-8-10-12-28/h8-20,29H,5-7,21-23H2,1-4H3,(H,32,36)/t29-/m0/s1. The highest BCUT2D eigenvalue weighted by Gasteiger charge is 2.33. The van der Waals surface area contributed by atoms with Gasteiger partial charge in [-0.3, -0.25) is 13.9 Å². The summed E-state index contributed by atoms with van der Waals surface area (Å²) in [5, 5.41) is 2.95. The Bertz CT molecular complexity index is 1320. The lowest BCUT2D eigenvalue weighted by Crippen LogP contribution is -2.52. The predicted molar refractivity (Wildman–Crippen MR) is 156 cm³/mol. The Labute approximate surface area is 232 Å². The van der Waals surface area contributed by atoms with Crippen molar-refractivity contribution >= 4 is 27.5 Å². The summed E-state index contributed by atoms with van der Waals surface area (Å²) in [6.45, 7) is 8.07. The van der Waals surface area contributed by atoms with E-state index in [-0.39, 0.29) is 17.3 Å². The molecule has 3 aromatic rings. The first-order valence-electron chi connectivity index (χ1n) is 13.4. The maximum atomic E-state index is 14.0. The minimum Gasteiger partial charge on any atom is -0.354 e. The highest BCUT2D eigenvalue weighted by molar-refractivity contribution is 7.92. The van der Waals surface area contributed by atoms with E-state index in [1.807, 2.05) is 64.1 Å². The van der Waals surface area contributed by atoms with Gasteiger partial charge in [0.15, 0.2) is 0 Å². The minimum absolute atomic E-state index is 0.0906. The van der Waals surface area contributed by atoms with Crippen LogP contribution in [0.4, 0.5) is 5.69 Å². The van der Waals surface area contributed by atoms with Crippen LogP contribution in [0.25, 0.3) is 0 Å². The van der Waals surface area contributed by atoms with E-state index in [9.17, 15) is 18.0 Å². The highest BCUT2D eigenvalue weighted by atomic mass is 32.2. The van der Waals surface area contributed by atoms with Gasteiger partial charge in [-0.05, 0) is 56.5 Å². The molecule has 3 aromatic carbocycles. The minimum atomic E-state index is -4.06. The van der Waals surface area contributed by atoms with E-state index in [1.54, 1.807) is 30.3 Å². The van der Waals surface area contributed by atoms with E-state index in [1.165, 1.54) is 17.0 Å². The van der Waals surface area contributed by atoms with Crippen molar-refractivity contribution in [3.05, 3.63) is 95.6 Å². The van der Waals surface area contributed by atoms with Gasteiger partial charge in [0.1, 0.15) is 12.6 Å². The largest absolute Gasteiger partial charge is 0.354 e. The molecule has 39 heavy (non-hydrogen) atoms. The maximum Gasteiger partial charge on any atom is 0.264 e. The lowest BCUT2D eigenvalue weighted by Gasteiger charge is -2.33. The molecular formula is C31H39N3O4S. The van der Waals surface area contributed by atoms with Crippen LogP contribution in [-0.4, -0.2) is 44.3 Å². The van der Waals surface area contributed by atoms with Crippen LogP contribution in [0.5, 0.6) is 0 Å². The molecule has 0 aliphatic carbocycles. The molecule has 0 heterocycles. The van der Waals surface area contributed by atoms with Gasteiger partial charge in [0.05, 0.1) is 10.6 Å². The van der Waals surface area contributed by atoms with Crippen molar-refractivity contribution in [3.8, 4) is 0 Å². The topological polar surface area (TPSA) is 86.8 Å². The van der Waals surface area contributed by atoms with E-state index in [0.29, 0.717) is 18.7 Å². The number of carbonyl (C=O) groups excluding carboxylic acids is 2. The lowest BCUT2D eigenvalue weighted by molar-refractivity contribution is -0.140. The Balaban J connectivity index is 2.01. The number of hydrogen-bond donors (Lipinski definition) is 1. The van der Waals surface area contributed by atoms with Crippen LogP contribution >= 0.6 is 0 Å². The molecule has 0 aliphatic rings. The maximum absolute atomic E-state index is 14.0. The van der Waals surface area contributed by atoms with Gasteiger partial charge in [0, 0.05) is 13.1 Å². The first-order chi connectivity index (χ1) is 18.7. The first-order valence-corrected chi connectivity index (χ1v) is 14.9. The van der Waals surface area contributed by atoms with Crippen LogP contribution < -0.4 is 9.62 Å². The number of rotatable bonds is 13. The third-order valence-electron chi connectivity index (χ3n) is 6.62. The summed E-state index contributed by atoms with van der Waals surface area (Å²) in [5.41, 5.74) is 3.30. The van der Waals surface area contributed by atoms with Crippen LogP contribution in [0.15, 0.2) is 83.8 Å². The summed E-state index contributed by atoms with van der Waals surface area (Å²) >= 11 is 0. The number of unbranched alkanes of at least 4 members (excludes halogenated alkanes) is 1. The summed E-state index contributed by atoms with van der Waals surface area (Å²) in [6, 6.07) is 22.1. The fourth-order valence-corrected chi connectivity index (χ4v) is 5.71. The molecule has 2 amide bonds. The molecule has 0 saturated carbocycles. The molecule has 0 spiro atoms. The monoisotopic (exact) mass is 549 g/mol. The fraction of sp³-hybridized carbons (Fsp3) is 0.355. The van der Waals surface area contributed by atoms with Gasteiger partial charge >= 0.3 is 0 Å². The van der Waals surface area contributed by atoms with Gasteiger partial charge < -0.3 is 10.2 Å². The number of nitrogens with one attached hydrogen (secondary N) is 1. The number of aryl methyl sites for hydroxylation is 2. The second kappa shape index (κ2) is 13.9. The van der Waals surface area contributed by atoms with E-state index in [4.69, 9.17) is 0 Å². The lowest BCUT2D eigenvalue weighted by atomic mass is 10.1. The molecule has 0 fully saturated rings. The Morgan fingerprint density at radius 2 is 1.44 bits per heavy atom. The Morgan fingerprint density at radius 3 is 2.00 bits per heavy atom. The molecule has 7 nitrogen and oxygen atoms in total. The fourth-order valence-electron chi connectivity index (χ4n) is 4.28. The van der Waals surface area contributed by atoms with Crippen molar-refractivity contribution in [2.24, 2.45) is 0 Å². The number of benzene rings is 3. The van der Waals surface area contributed by atoms with Crippen LogP contribution in [0.2, 0.25) is 0 Å². The van der Waals surface area contributed by atoms with Gasteiger partial charge in [-0.1, -0.05) is 86.0 Å². The summed E-state index contributed by atoms with van der Waals surface area (Å²) < 4.78 is 28.7. The summed E-state index contributed by atoms with van der Waals surface area (Å²) in [6.07, 6.45) is 2.17. The van der Waals surface area contributed by atoms with Crippen molar-refractivity contribution < 1.29 is 18.0 Å². The van der Waals surface area contributed by atoms with Crippen molar-refractivity contribution in [1.82, 2.24) is 10.2 Å². The van der Waals surface area contributed by atoms with Crippen LogP contribution in [0.1, 0.15) is 49.8 Å². The summed E-state index contributed by atoms with van der Waals surface area (Å²) in [5.74, 6) is -0.688. The van der Waals surface area contributed by atoms with E-state index < -0.39 is 28.5 Å². The Kier molecular flexibility index (Phi) is 10.7. The number of sulfonamides is 1.